The maximum atomic E-state index is 5.82. The molecular formula is C22H24BrNO2. The van der Waals surface area contributed by atoms with E-state index in [1.165, 1.54) is 10.8 Å². The normalized spacial score (nSPS) is 10.7. The summed E-state index contributed by atoms with van der Waals surface area (Å²) in [6.45, 7) is 6.07. The van der Waals surface area contributed by atoms with Crippen molar-refractivity contribution >= 4 is 32.4 Å². The van der Waals surface area contributed by atoms with E-state index in [1.807, 2.05) is 13.0 Å². The van der Waals surface area contributed by atoms with Crippen molar-refractivity contribution in [1.82, 2.24) is 0 Å². The number of rotatable bonds is 8. The summed E-state index contributed by atoms with van der Waals surface area (Å²) in [7, 11) is 0. The zero-order valence-electron chi connectivity index (χ0n) is 15.2. The molecule has 0 unspecified atom stereocenters. The number of nitrogens with one attached hydrogen (secondary N) is 1. The molecule has 0 amide bonds. The first-order valence-electron chi connectivity index (χ1n) is 9.02. The topological polar surface area (TPSA) is 30.5 Å². The minimum atomic E-state index is 0.611. The van der Waals surface area contributed by atoms with E-state index < -0.39 is 0 Å². The molecule has 0 bridgehead atoms. The van der Waals surface area contributed by atoms with E-state index in [9.17, 15) is 0 Å². The molecule has 1 N–H and O–H groups in total. The van der Waals surface area contributed by atoms with Crippen LogP contribution in [0.2, 0.25) is 0 Å². The van der Waals surface area contributed by atoms with E-state index in [4.69, 9.17) is 9.47 Å². The smallest absolute Gasteiger partial charge is 0.162 e. The van der Waals surface area contributed by atoms with Gasteiger partial charge in [-0.15, -0.1) is 0 Å². The molecular weight excluding hydrogens is 390 g/mol. The van der Waals surface area contributed by atoms with Crippen LogP contribution in [0, 0.1) is 0 Å². The lowest BCUT2D eigenvalue weighted by atomic mass is 10.1. The van der Waals surface area contributed by atoms with Gasteiger partial charge in [0.15, 0.2) is 11.5 Å². The molecule has 0 fully saturated rings. The predicted octanol–water partition coefficient (Wildman–Crippen LogP) is 6.40. The second-order valence-electron chi connectivity index (χ2n) is 6.05. The molecule has 3 rings (SSSR count). The van der Waals surface area contributed by atoms with Crippen molar-refractivity contribution in [2.75, 3.05) is 18.5 Å². The monoisotopic (exact) mass is 413 g/mol. The number of halogens is 1. The van der Waals surface area contributed by atoms with Crippen molar-refractivity contribution < 1.29 is 9.47 Å². The van der Waals surface area contributed by atoms with Crippen LogP contribution in [-0.2, 0) is 6.54 Å². The number of fused-ring (bicyclic) bond motifs is 1. The molecule has 0 saturated carbocycles. The molecule has 26 heavy (non-hydrogen) atoms. The van der Waals surface area contributed by atoms with Crippen LogP contribution in [-0.4, -0.2) is 13.2 Å². The third kappa shape index (κ3) is 4.31. The zero-order chi connectivity index (χ0) is 18.4. The van der Waals surface area contributed by atoms with E-state index in [0.717, 1.165) is 33.6 Å². The predicted molar refractivity (Wildman–Crippen MR) is 112 cm³/mol. The van der Waals surface area contributed by atoms with Crippen molar-refractivity contribution in [3.63, 3.8) is 0 Å². The fourth-order valence-electron chi connectivity index (χ4n) is 2.88. The summed E-state index contributed by atoms with van der Waals surface area (Å²) >= 11 is 3.67. The van der Waals surface area contributed by atoms with E-state index in [-0.39, 0.29) is 0 Å². The highest BCUT2D eigenvalue weighted by molar-refractivity contribution is 9.10. The van der Waals surface area contributed by atoms with Crippen LogP contribution in [0.15, 0.2) is 59.1 Å². The number of hydrogen-bond acceptors (Lipinski definition) is 3. The third-order valence-corrected chi connectivity index (χ3v) is 4.87. The van der Waals surface area contributed by atoms with Crippen molar-refractivity contribution in [2.45, 2.75) is 26.8 Å². The molecule has 0 radical (unpaired) electrons. The minimum Gasteiger partial charge on any atom is -0.490 e. The Kier molecular flexibility index (Phi) is 6.40. The second kappa shape index (κ2) is 8.95. The SMILES string of the molecule is CCCOc1cc(Br)c(CNc2cccc3ccccc23)cc1OCC. The van der Waals surface area contributed by atoms with Crippen molar-refractivity contribution in [2.24, 2.45) is 0 Å². The maximum Gasteiger partial charge on any atom is 0.162 e. The standard InChI is InChI=1S/C22H24BrNO2/c1-3-12-26-22-14-19(23)17(13-21(22)25-4-2)15-24-20-11-7-9-16-8-5-6-10-18(16)20/h5-11,13-14,24H,3-4,12,15H2,1-2H3. The molecule has 3 aromatic carbocycles. The first kappa shape index (κ1) is 18.6. The molecule has 136 valence electrons. The van der Waals surface area contributed by atoms with Gasteiger partial charge >= 0.3 is 0 Å². The number of benzene rings is 3. The summed E-state index contributed by atoms with van der Waals surface area (Å²) < 4.78 is 12.6. The fraction of sp³-hybridized carbons (Fsp3) is 0.273. The Bertz CT molecular complexity index is 874. The quantitative estimate of drug-likeness (QED) is 0.463. The fourth-order valence-corrected chi connectivity index (χ4v) is 3.34. The van der Waals surface area contributed by atoms with Gasteiger partial charge in [-0.1, -0.05) is 59.3 Å². The summed E-state index contributed by atoms with van der Waals surface area (Å²) in [6, 6.07) is 18.8. The molecule has 0 atom stereocenters. The second-order valence-corrected chi connectivity index (χ2v) is 6.91. The van der Waals surface area contributed by atoms with Crippen LogP contribution in [0.1, 0.15) is 25.8 Å². The highest BCUT2D eigenvalue weighted by atomic mass is 79.9. The van der Waals surface area contributed by atoms with Gasteiger partial charge in [0, 0.05) is 22.1 Å². The largest absolute Gasteiger partial charge is 0.490 e. The first-order chi connectivity index (χ1) is 12.7. The van der Waals surface area contributed by atoms with Gasteiger partial charge in [-0.2, -0.15) is 0 Å². The highest BCUT2D eigenvalue weighted by Crippen LogP contribution is 2.34. The molecule has 3 aromatic rings. The van der Waals surface area contributed by atoms with E-state index in [0.29, 0.717) is 19.8 Å². The minimum absolute atomic E-state index is 0.611. The Balaban J connectivity index is 1.83. The van der Waals surface area contributed by atoms with Gasteiger partial charge in [0.2, 0.25) is 0 Å². The van der Waals surface area contributed by atoms with Gasteiger partial charge in [-0.3, -0.25) is 0 Å². The average Bonchev–Trinajstić information content (AvgIpc) is 2.67. The van der Waals surface area contributed by atoms with Crippen LogP contribution in [0.25, 0.3) is 10.8 Å². The molecule has 4 heteroatoms. The van der Waals surface area contributed by atoms with Crippen molar-refractivity contribution in [1.29, 1.82) is 0 Å². The molecule has 0 heterocycles. The van der Waals surface area contributed by atoms with E-state index >= 15 is 0 Å². The van der Waals surface area contributed by atoms with Crippen molar-refractivity contribution in [3.05, 3.63) is 64.6 Å². The van der Waals surface area contributed by atoms with Gasteiger partial charge < -0.3 is 14.8 Å². The van der Waals surface area contributed by atoms with Gasteiger partial charge in [-0.25, -0.2) is 0 Å². The van der Waals surface area contributed by atoms with Crippen molar-refractivity contribution in [3.8, 4) is 11.5 Å². The summed E-state index contributed by atoms with van der Waals surface area (Å²) in [4.78, 5) is 0. The van der Waals surface area contributed by atoms with E-state index in [1.54, 1.807) is 0 Å². The van der Waals surface area contributed by atoms with Gasteiger partial charge in [-0.05, 0) is 42.5 Å². The summed E-state index contributed by atoms with van der Waals surface area (Å²) in [5.41, 5.74) is 2.25. The van der Waals surface area contributed by atoms with E-state index in [2.05, 4.69) is 76.7 Å². The van der Waals surface area contributed by atoms with Gasteiger partial charge in [0.05, 0.1) is 13.2 Å². The Labute approximate surface area is 163 Å². The third-order valence-electron chi connectivity index (χ3n) is 4.13. The number of hydrogen-bond donors (Lipinski definition) is 1. The number of anilines is 1. The highest BCUT2D eigenvalue weighted by Gasteiger charge is 2.11. The summed E-state index contributed by atoms with van der Waals surface area (Å²) in [5, 5.41) is 6.00. The first-order valence-corrected chi connectivity index (χ1v) is 9.81. The average molecular weight is 414 g/mol. The Morgan fingerprint density at radius 3 is 2.50 bits per heavy atom. The molecule has 0 spiro atoms. The Hall–Kier alpha value is -2.20. The molecule has 3 nitrogen and oxygen atoms in total. The van der Waals surface area contributed by atoms with Crippen LogP contribution < -0.4 is 14.8 Å². The lowest BCUT2D eigenvalue weighted by Crippen LogP contribution is -2.04. The van der Waals surface area contributed by atoms with Crippen LogP contribution in [0.4, 0.5) is 5.69 Å². The Morgan fingerprint density at radius 2 is 1.69 bits per heavy atom. The molecule has 0 aliphatic heterocycles. The lowest BCUT2D eigenvalue weighted by molar-refractivity contribution is 0.276. The van der Waals surface area contributed by atoms with Gasteiger partial charge in [0.1, 0.15) is 0 Å². The van der Waals surface area contributed by atoms with Crippen LogP contribution in [0.3, 0.4) is 0 Å². The molecule has 0 aliphatic rings. The van der Waals surface area contributed by atoms with Gasteiger partial charge in [0.25, 0.3) is 0 Å². The molecule has 0 aromatic heterocycles. The number of ether oxygens (including phenoxy) is 2. The Morgan fingerprint density at radius 1 is 0.923 bits per heavy atom. The maximum absolute atomic E-state index is 5.82. The van der Waals surface area contributed by atoms with Crippen LogP contribution >= 0.6 is 15.9 Å². The molecule has 0 aliphatic carbocycles. The lowest BCUT2D eigenvalue weighted by Gasteiger charge is -2.16. The zero-order valence-corrected chi connectivity index (χ0v) is 16.8. The summed E-state index contributed by atoms with van der Waals surface area (Å²) in [6.07, 6.45) is 0.966. The summed E-state index contributed by atoms with van der Waals surface area (Å²) in [5.74, 6) is 1.58. The molecule has 0 saturated heterocycles. The van der Waals surface area contributed by atoms with Crippen LogP contribution in [0.5, 0.6) is 11.5 Å².